The van der Waals surface area contributed by atoms with Crippen molar-refractivity contribution in [2.24, 2.45) is 5.92 Å². The van der Waals surface area contributed by atoms with Crippen LogP contribution in [0.3, 0.4) is 0 Å². The molecular formula is C24H27FN8O. The summed E-state index contributed by atoms with van der Waals surface area (Å²) in [7, 11) is 0. The topological polar surface area (TPSA) is 99.2 Å². The van der Waals surface area contributed by atoms with Crippen molar-refractivity contribution in [3.05, 3.63) is 60.3 Å². The second kappa shape index (κ2) is 9.58. The molecule has 4 heterocycles. The Balaban J connectivity index is 1.34. The summed E-state index contributed by atoms with van der Waals surface area (Å²) in [6.07, 6.45) is 7.00. The largest absolute Gasteiger partial charge is 0.355 e. The van der Waals surface area contributed by atoms with Gasteiger partial charge in [0, 0.05) is 44.6 Å². The summed E-state index contributed by atoms with van der Waals surface area (Å²) in [4.78, 5) is 34.4. The van der Waals surface area contributed by atoms with Gasteiger partial charge in [-0.15, -0.1) is 0 Å². The molecule has 2 aliphatic heterocycles. The van der Waals surface area contributed by atoms with E-state index in [2.05, 4.69) is 30.5 Å². The summed E-state index contributed by atoms with van der Waals surface area (Å²) < 4.78 is 13.3. The van der Waals surface area contributed by atoms with Crippen molar-refractivity contribution in [2.45, 2.75) is 25.8 Å². The summed E-state index contributed by atoms with van der Waals surface area (Å²) in [5.41, 5.74) is 0.916. The first-order valence-corrected chi connectivity index (χ1v) is 11.5. The second-order valence-electron chi connectivity index (χ2n) is 8.70. The zero-order valence-corrected chi connectivity index (χ0v) is 19.0. The molecule has 2 aliphatic rings. The Labute approximate surface area is 197 Å². The van der Waals surface area contributed by atoms with Crippen LogP contribution < -0.4 is 15.5 Å². The fourth-order valence-corrected chi connectivity index (χ4v) is 4.27. The lowest BCUT2D eigenvalue weighted by molar-refractivity contribution is -0.135. The average Bonchev–Trinajstić information content (AvgIpc) is 3.34. The van der Waals surface area contributed by atoms with Crippen molar-refractivity contribution in [1.82, 2.24) is 24.8 Å². The third-order valence-electron chi connectivity index (χ3n) is 6.22. The minimum atomic E-state index is -0.277. The highest BCUT2D eigenvalue weighted by Gasteiger charge is 2.37. The Morgan fingerprint density at radius 3 is 2.56 bits per heavy atom. The van der Waals surface area contributed by atoms with Crippen molar-refractivity contribution in [3.8, 4) is 0 Å². The molecule has 2 N–H and O–H groups in total. The number of rotatable bonds is 7. The van der Waals surface area contributed by atoms with Gasteiger partial charge >= 0.3 is 0 Å². The number of hydrogen-bond donors (Lipinski definition) is 2. The maximum Gasteiger partial charge on any atom is 0.229 e. The van der Waals surface area contributed by atoms with Gasteiger partial charge in [0.15, 0.2) is 0 Å². The van der Waals surface area contributed by atoms with Crippen LogP contribution in [-0.2, 0) is 4.79 Å². The molecule has 0 bridgehead atoms. The van der Waals surface area contributed by atoms with Crippen LogP contribution in [0.15, 0.2) is 48.9 Å². The predicted molar refractivity (Wildman–Crippen MR) is 127 cm³/mol. The fourth-order valence-electron chi connectivity index (χ4n) is 4.27. The number of carbonyl (C=O) groups is 1. The highest BCUT2D eigenvalue weighted by atomic mass is 19.1. The molecule has 1 amide bonds. The lowest BCUT2D eigenvalue weighted by Gasteiger charge is -2.40. The van der Waals surface area contributed by atoms with Gasteiger partial charge < -0.3 is 20.4 Å². The highest BCUT2D eigenvalue weighted by molar-refractivity contribution is 5.82. The first-order valence-electron chi connectivity index (χ1n) is 11.5. The number of anilines is 4. The van der Waals surface area contributed by atoms with E-state index in [0.29, 0.717) is 30.7 Å². The van der Waals surface area contributed by atoms with Crippen LogP contribution in [0.5, 0.6) is 0 Å². The van der Waals surface area contributed by atoms with Gasteiger partial charge in [-0.1, -0.05) is 12.1 Å². The Kier molecular flexibility index (Phi) is 6.20. The summed E-state index contributed by atoms with van der Waals surface area (Å²) in [5, 5.41) is 6.47. The van der Waals surface area contributed by atoms with Crippen molar-refractivity contribution >= 4 is 29.3 Å². The Morgan fingerprint density at radius 1 is 1.09 bits per heavy atom. The molecule has 0 aliphatic carbocycles. The zero-order valence-electron chi connectivity index (χ0n) is 19.0. The standard InChI is InChI=1S/C24H27FN8O/c1-16(17-4-6-19(25)7-5-17)28-24-30-20(29-21-13-26-8-9-27-21)12-22(31-24)33-14-18(15-33)23(34)32-10-2-3-11-32/h4-9,12-13,16,18H,2-3,10-11,14-15H2,1H3,(H2,27,28,29,30,31)/t16-/m0/s1. The van der Waals surface area contributed by atoms with E-state index in [1.165, 1.54) is 12.1 Å². The fraction of sp³-hybridized carbons (Fsp3) is 0.375. The van der Waals surface area contributed by atoms with Gasteiger partial charge in [0.25, 0.3) is 0 Å². The molecule has 2 fully saturated rings. The predicted octanol–water partition coefficient (Wildman–Crippen LogP) is 3.38. The van der Waals surface area contributed by atoms with Crippen LogP contribution >= 0.6 is 0 Å². The van der Waals surface area contributed by atoms with Crippen molar-refractivity contribution < 1.29 is 9.18 Å². The molecule has 176 valence electrons. The van der Waals surface area contributed by atoms with Crippen LogP contribution in [0.2, 0.25) is 0 Å². The van der Waals surface area contributed by atoms with Gasteiger partial charge in [0.2, 0.25) is 11.9 Å². The van der Waals surface area contributed by atoms with E-state index in [1.54, 1.807) is 30.7 Å². The van der Waals surface area contributed by atoms with Crippen molar-refractivity contribution in [2.75, 3.05) is 41.7 Å². The number of nitrogens with one attached hydrogen (secondary N) is 2. The van der Waals surface area contributed by atoms with Gasteiger partial charge in [0.1, 0.15) is 23.3 Å². The number of halogens is 1. The first-order chi connectivity index (χ1) is 16.5. The number of carbonyl (C=O) groups excluding carboxylic acids is 1. The van der Waals surface area contributed by atoms with Gasteiger partial charge in [0.05, 0.1) is 18.2 Å². The van der Waals surface area contributed by atoms with E-state index in [1.807, 2.05) is 17.9 Å². The monoisotopic (exact) mass is 462 g/mol. The number of likely N-dealkylation sites (tertiary alicyclic amines) is 1. The van der Waals surface area contributed by atoms with Gasteiger partial charge in [-0.25, -0.2) is 9.37 Å². The van der Waals surface area contributed by atoms with E-state index in [-0.39, 0.29) is 23.7 Å². The Bertz CT molecular complexity index is 1130. The molecule has 0 radical (unpaired) electrons. The van der Waals surface area contributed by atoms with Crippen LogP contribution in [0, 0.1) is 11.7 Å². The van der Waals surface area contributed by atoms with Crippen LogP contribution in [-0.4, -0.2) is 56.9 Å². The molecule has 3 aromatic rings. The first kappa shape index (κ1) is 22.0. The second-order valence-corrected chi connectivity index (χ2v) is 8.70. The van der Waals surface area contributed by atoms with E-state index >= 15 is 0 Å². The minimum absolute atomic E-state index is 0.000914. The van der Waals surface area contributed by atoms with Crippen LogP contribution in [0.4, 0.5) is 27.8 Å². The zero-order chi connectivity index (χ0) is 23.5. The molecule has 1 atom stereocenters. The maximum atomic E-state index is 13.3. The normalized spacial score (nSPS) is 16.8. The van der Waals surface area contributed by atoms with Gasteiger partial charge in [-0.05, 0) is 37.5 Å². The van der Waals surface area contributed by atoms with Gasteiger partial charge in [-0.2, -0.15) is 9.97 Å². The molecule has 34 heavy (non-hydrogen) atoms. The van der Waals surface area contributed by atoms with Crippen LogP contribution in [0.1, 0.15) is 31.4 Å². The van der Waals surface area contributed by atoms with E-state index in [0.717, 1.165) is 37.3 Å². The summed E-state index contributed by atoms with van der Waals surface area (Å²) >= 11 is 0. The van der Waals surface area contributed by atoms with E-state index in [9.17, 15) is 9.18 Å². The third kappa shape index (κ3) is 4.90. The van der Waals surface area contributed by atoms with E-state index < -0.39 is 0 Å². The molecular weight excluding hydrogens is 435 g/mol. The molecule has 5 rings (SSSR count). The number of amides is 1. The summed E-state index contributed by atoms with van der Waals surface area (Å²) in [5.74, 6) is 2.24. The number of aromatic nitrogens is 4. The molecule has 0 unspecified atom stereocenters. The van der Waals surface area contributed by atoms with E-state index in [4.69, 9.17) is 4.98 Å². The van der Waals surface area contributed by atoms with Gasteiger partial charge in [-0.3, -0.25) is 9.78 Å². The van der Waals surface area contributed by atoms with Crippen molar-refractivity contribution in [3.63, 3.8) is 0 Å². The lowest BCUT2D eigenvalue weighted by atomic mass is 9.98. The molecule has 10 heteroatoms. The maximum absolute atomic E-state index is 13.3. The Hall–Kier alpha value is -3.82. The smallest absolute Gasteiger partial charge is 0.229 e. The third-order valence-corrected chi connectivity index (χ3v) is 6.22. The molecule has 0 saturated carbocycles. The minimum Gasteiger partial charge on any atom is -0.355 e. The number of hydrogen-bond acceptors (Lipinski definition) is 8. The Morgan fingerprint density at radius 2 is 1.85 bits per heavy atom. The molecule has 2 saturated heterocycles. The lowest BCUT2D eigenvalue weighted by Crippen LogP contribution is -2.54. The molecule has 0 spiro atoms. The molecule has 2 aromatic heterocycles. The average molecular weight is 463 g/mol. The molecule has 1 aromatic carbocycles. The highest BCUT2D eigenvalue weighted by Crippen LogP contribution is 2.29. The quantitative estimate of drug-likeness (QED) is 0.551. The van der Waals surface area contributed by atoms with Crippen LogP contribution in [0.25, 0.3) is 0 Å². The summed E-state index contributed by atoms with van der Waals surface area (Å²) in [6.45, 7) is 4.95. The number of nitrogens with zero attached hydrogens (tertiary/aromatic N) is 6. The summed E-state index contributed by atoms with van der Waals surface area (Å²) in [6, 6.07) is 8.05. The van der Waals surface area contributed by atoms with Crippen molar-refractivity contribution in [1.29, 1.82) is 0 Å². The molecule has 9 nitrogen and oxygen atoms in total. The number of benzene rings is 1. The SMILES string of the molecule is C[C@H](Nc1nc(Nc2cnccn2)cc(N2CC(C(=O)N3CCCC3)C2)n1)c1ccc(F)cc1.